The summed E-state index contributed by atoms with van der Waals surface area (Å²) in [5, 5.41) is 4.00. The summed E-state index contributed by atoms with van der Waals surface area (Å²) < 4.78 is 22.4. The van der Waals surface area contributed by atoms with Gasteiger partial charge in [-0.25, -0.2) is 4.79 Å². The van der Waals surface area contributed by atoms with Crippen LogP contribution in [0.1, 0.15) is 40.0 Å². The van der Waals surface area contributed by atoms with Gasteiger partial charge in [-0.3, -0.25) is 0 Å². The number of nitrogens with one attached hydrogen (secondary N) is 1. The highest BCUT2D eigenvalue weighted by Gasteiger charge is 2.31. The number of rotatable bonds is 8. The molecule has 3 aromatic carbocycles. The summed E-state index contributed by atoms with van der Waals surface area (Å²) in [5.74, 6) is 1.65. The van der Waals surface area contributed by atoms with Crippen molar-refractivity contribution in [1.82, 2.24) is 4.90 Å². The molecule has 0 saturated carbocycles. The van der Waals surface area contributed by atoms with Gasteiger partial charge in [-0.15, -0.1) is 0 Å². The molecular formula is C29H32N2O5S. The van der Waals surface area contributed by atoms with E-state index in [-0.39, 0.29) is 12.0 Å². The van der Waals surface area contributed by atoms with Gasteiger partial charge < -0.3 is 29.2 Å². The molecule has 7 nitrogen and oxygen atoms in total. The van der Waals surface area contributed by atoms with E-state index in [1.807, 2.05) is 36.4 Å². The standard InChI is InChI=1S/C29H32N2O5S/c1-5-35-28(32)20-8-12-23(13-9-20)36-18-25-24-17-27(34-4)26(33-3)16-21(24)14-15-31(25)29(37)30-22-10-6-19(2)7-11-22/h6-13,16-17,25H,5,14-15,18H2,1-4H3,(H,30,37)/t25-/m1/s1. The molecule has 1 N–H and O–H groups in total. The normalized spacial score (nSPS) is 14.4. The predicted molar refractivity (Wildman–Crippen MR) is 148 cm³/mol. The second-order valence-corrected chi connectivity index (χ2v) is 9.10. The number of esters is 1. The van der Waals surface area contributed by atoms with E-state index in [1.165, 1.54) is 11.1 Å². The highest BCUT2D eigenvalue weighted by molar-refractivity contribution is 7.80. The van der Waals surface area contributed by atoms with Gasteiger partial charge in [-0.1, -0.05) is 17.7 Å². The number of carbonyl (C=O) groups excluding carboxylic acids is 1. The number of nitrogens with zero attached hydrogens (tertiary/aromatic N) is 1. The van der Waals surface area contributed by atoms with Gasteiger partial charge in [0.25, 0.3) is 0 Å². The topological polar surface area (TPSA) is 69.3 Å². The lowest BCUT2D eigenvalue weighted by molar-refractivity contribution is 0.0526. The number of thiocarbonyl (C=S) groups is 1. The van der Waals surface area contributed by atoms with Gasteiger partial charge in [0.15, 0.2) is 16.6 Å². The molecule has 0 saturated heterocycles. The number of aryl methyl sites for hydroxylation is 1. The maximum Gasteiger partial charge on any atom is 0.338 e. The molecule has 0 amide bonds. The van der Waals surface area contributed by atoms with Crippen molar-refractivity contribution in [1.29, 1.82) is 0 Å². The van der Waals surface area contributed by atoms with E-state index < -0.39 is 0 Å². The second kappa shape index (κ2) is 12.0. The van der Waals surface area contributed by atoms with E-state index in [9.17, 15) is 4.79 Å². The molecule has 1 heterocycles. The zero-order chi connectivity index (χ0) is 26.4. The summed E-state index contributed by atoms with van der Waals surface area (Å²) >= 11 is 5.86. The van der Waals surface area contributed by atoms with Gasteiger partial charge in [-0.2, -0.15) is 0 Å². The van der Waals surface area contributed by atoms with E-state index in [0.29, 0.717) is 41.1 Å². The smallest absolute Gasteiger partial charge is 0.338 e. The van der Waals surface area contributed by atoms with Crippen molar-refractivity contribution in [3.63, 3.8) is 0 Å². The van der Waals surface area contributed by atoms with Gasteiger partial charge in [0.05, 0.1) is 32.4 Å². The molecule has 0 aromatic heterocycles. The third-order valence-electron chi connectivity index (χ3n) is 6.34. The Morgan fingerprint density at radius 1 is 1.03 bits per heavy atom. The Labute approximate surface area is 223 Å². The van der Waals surface area contributed by atoms with Crippen molar-refractivity contribution in [2.75, 3.05) is 39.3 Å². The van der Waals surface area contributed by atoms with Crippen molar-refractivity contribution < 1.29 is 23.7 Å². The quantitative estimate of drug-likeness (QED) is 0.306. The Balaban J connectivity index is 1.59. The number of methoxy groups -OCH3 is 2. The van der Waals surface area contributed by atoms with Crippen molar-refractivity contribution in [3.8, 4) is 17.2 Å². The van der Waals surface area contributed by atoms with Crippen LogP contribution < -0.4 is 19.5 Å². The third kappa shape index (κ3) is 6.14. The van der Waals surface area contributed by atoms with Gasteiger partial charge in [0.2, 0.25) is 0 Å². The average molecular weight is 521 g/mol. The molecule has 0 unspecified atom stereocenters. The number of hydrogen-bond acceptors (Lipinski definition) is 6. The van der Waals surface area contributed by atoms with E-state index in [4.69, 9.17) is 31.2 Å². The largest absolute Gasteiger partial charge is 0.493 e. The molecule has 4 rings (SSSR count). The summed E-state index contributed by atoms with van der Waals surface area (Å²) in [5.41, 5.74) is 4.84. The first-order valence-electron chi connectivity index (χ1n) is 12.2. The molecule has 1 atom stereocenters. The number of fused-ring (bicyclic) bond motifs is 1. The maximum absolute atomic E-state index is 12.0. The molecule has 3 aromatic rings. The molecule has 8 heteroatoms. The van der Waals surface area contributed by atoms with Gasteiger partial charge in [-0.05, 0) is 92.1 Å². The molecule has 1 aliphatic rings. The van der Waals surface area contributed by atoms with Crippen LogP contribution >= 0.6 is 12.2 Å². The van der Waals surface area contributed by atoms with Gasteiger partial charge in [0.1, 0.15) is 12.4 Å². The van der Waals surface area contributed by atoms with Crippen LogP contribution in [0.4, 0.5) is 5.69 Å². The zero-order valence-electron chi connectivity index (χ0n) is 21.6. The monoisotopic (exact) mass is 520 g/mol. The van der Waals surface area contributed by atoms with Crippen LogP contribution in [0.5, 0.6) is 17.2 Å². The number of ether oxygens (including phenoxy) is 4. The summed E-state index contributed by atoms with van der Waals surface area (Å²) in [7, 11) is 3.27. The predicted octanol–water partition coefficient (Wildman–Crippen LogP) is 5.56. The summed E-state index contributed by atoms with van der Waals surface area (Å²) in [6.45, 7) is 5.23. The Kier molecular flexibility index (Phi) is 8.50. The van der Waals surface area contributed by atoms with Gasteiger partial charge >= 0.3 is 5.97 Å². The Morgan fingerprint density at radius 2 is 1.70 bits per heavy atom. The fourth-order valence-electron chi connectivity index (χ4n) is 4.36. The lowest BCUT2D eigenvalue weighted by Gasteiger charge is -2.39. The van der Waals surface area contributed by atoms with Crippen molar-refractivity contribution in [3.05, 3.63) is 82.9 Å². The van der Waals surface area contributed by atoms with Crippen LogP contribution in [0, 0.1) is 6.92 Å². The minimum atomic E-state index is -0.352. The van der Waals surface area contributed by atoms with Crippen LogP contribution in [0.15, 0.2) is 60.7 Å². The highest BCUT2D eigenvalue weighted by atomic mass is 32.1. The molecule has 0 fully saturated rings. The number of hydrogen-bond donors (Lipinski definition) is 1. The fourth-order valence-corrected chi connectivity index (χ4v) is 4.70. The first kappa shape index (κ1) is 26.3. The average Bonchev–Trinajstić information content (AvgIpc) is 2.92. The molecule has 194 valence electrons. The SMILES string of the molecule is CCOC(=O)c1ccc(OC[C@@H]2c3cc(OC)c(OC)cc3CCN2C(=S)Nc2ccc(C)cc2)cc1. The Morgan fingerprint density at radius 3 is 2.35 bits per heavy atom. The Bertz CT molecular complexity index is 1240. The molecule has 1 aliphatic heterocycles. The van der Waals surface area contributed by atoms with Crippen molar-refractivity contribution in [2.24, 2.45) is 0 Å². The van der Waals surface area contributed by atoms with Crippen LogP contribution in [0.25, 0.3) is 0 Å². The summed E-state index contributed by atoms with van der Waals surface area (Å²) in [4.78, 5) is 14.1. The van der Waals surface area contributed by atoms with Crippen LogP contribution in [0.3, 0.4) is 0 Å². The van der Waals surface area contributed by atoms with Gasteiger partial charge in [0, 0.05) is 12.2 Å². The maximum atomic E-state index is 12.0. The zero-order valence-corrected chi connectivity index (χ0v) is 22.4. The molecule has 0 radical (unpaired) electrons. The lowest BCUT2D eigenvalue weighted by atomic mass is 9.92. The minimum Gasteiger partial charge on any atom is -0.493 e. The van der Waals surface area contributed by atoms with E-state index in [2.05, 4.69) is 17.1 Å². The van der Waals surface area contributed by atoms with E-state index >= 15 is 0 Å². The fraction of sp³-hybridized carbons (Fsp3) is 0.310. The van der Waals surface area contributed by atoms with E-state index in [1.54, 1.807) is 45.4 Å². The molecular weight excluding hydrogens is 488 g/mol. The van der Waals surface area contributed by atoms with Crippen LogP contribution in [-0.4, -0.2) is 50.0 Å². The van der Waals surface area contributed by atoms with Crippen molar-refractivity contribution in [2.45, 2.75) is 26.3 Å². The first-order valence-corrected chi connectivity index (χ1v) is 12.6. The second-order valence-electron chi connectivity index (χ2n) is 8.72. The molecule has 0 bridgehead atoms. The molecule has 37 heavy (non-hydrogen) atoms. The summed E-state index contributed by atoms with van der Waals surface area (Å²) in [6.07, 6.45) is 0.802. The van der Waals surface area contributed by atoms with Crippen LogP contribution in [-0.2, 0) is 11.2 Å². The van der Waals surface area contributed by atoms with Crippen LogP contribution in [0.2, 0.25) is 0 Å². The highest BCUT2D eigenvalue weighted by Crippen LogP contribution is 2.38. The summed E-state index contributed by atoms with van der Waals surface area (Å²) in [6, 6.07) is 19.0. The first-order chi connectivity index (χ1) is 17.9. The molecule has 0 spiro atoms. The Hall–Kier alpha value is -3.78. The number of carbonyl (C=O) groups is 1. The van der Waals surface area contributed by atoms with E-state index in [0.717, 1.165) is 24.2 Å². The lowest BCUT2D eigenvalue weighted by Crippen LogP contribution is -2.44. The minimum absolute atomic E-state index is 0.168. The number of benzene rings is 3. The molecule has 0 aliphatic carbocycles. The third-order valence-corrected chi connectivity index (χ3v) is 6.68. The van der Waals surface area contributed by atoms with Crippen molar-refractivity contribution >= 4 is 29.0 Å². The number of anilines is 1.